The molecule has 0 heterocycles. The summed E-state index contributed by atoms with van der Waals surface area (Å²) in [7, 11) is 0. The van der Waals surface area contributed by atoms with E-state index in [4.69, 9.17) is 9.84 Å². The van der Waals surface area contributed by atoms with Crippen LogP contribution in [0.1, 0.15) is 11.1 Å². The van der Waals surface area contributed by atoms with Gasteiger partial charge < -0.3 is 9.84 Å². The van der Waals surface area contributed by atoms with Crippen LogP contribution in [0.2, 0.25) is 0 Å². The van der Waals surface area contributed by atoms with Crippen LogP contribution in [-0.4, -0.2) is 10.0 Å². The molecule has 1 N–H and O–H groups in total. The molecule has 5 nitrogen and oxygen atoms in total. The van der Waals surface area contributed by atoms with Gasteiger partial charge in [-0.1, -0.05) is 34.1 Å². The lowest BCUT2D eigenvalue weighted by Gasteiger charge is -2.09. The minimum absolute atomic E-state index is 0.0464. The van der Waals surface area contributed by atoms with E-state index in [0.717, 1.165) is 5.56 Å². The molecule has 0 unspecified atom stereocenters. The fourth-order valence-electron chi connectivity index (χ4n) is 1.80. The highest BCUT2D eigenvalue weighted by Crippen LogP contribution is 2.35. The number of rotatable bonds is 4. The summed E-state index contributed by atoms with van der Waals surface area (Å²) in [6.07, 6.45) is 0. The predicted molar refractivity (Wildman–Crippen MR) is 78.0 cm³/mol. The quantitative estimate of drug-likeness (QED) is 0.677. The van der Waals surface area contributed by atoms with Gasteiger partial charge in [0, 0.05) is 10.0 Å². The minimum Gasteiger partial charge on any atom is -0.450 e. The zero-order valence-corrected chi connectivity index (χ0v) is 12.3. The molecule has 20 heavy (non-hydrogen) atoms. The third-order valence-corrected chi connectivity index (χ3v) is 3.54. The molecular weight excluding hydrogens is 326 g/mol. The Morgan fingerprint density at radius 2 is 2.10 bits per heavy atom. The van der Waals surface area contributed by atoms with Gasteiger partial charge in [-0.15, -0.1) is 0 Å². The van der Waals surface area contributed by atoms with E-state index in [2.05, 4.69) is 15.9 Å². The summed E-state index contributed by atoms with van der Waals surface area (Å²) >= 11 is 3.31. The number of aliphatic hydroxyl groups excluding tert-OH is 1. The molecule has 0 aliphatic carbocycles. The van der Waals surface area contributed by atoms with E-state index in [9.17, 15) is 10.1 Å². The minimum atomic E-state index is -0.457. The van der Waals surface area contributed by atoms with E-state index >= 15 is 0 Å². The summed E-state index contributed by atoms with van der Waals surface area (Å²) in [5.41, 5.74) is 1.21. The van der Waals surface area contributed by atoms with Crippen LogP contribution in [0.4, 0.5) is 5.69 Å². The standard InChI is InChI=1S/C14H12BrNO4/c1-9-3-2-4-13(14(9)16(18)19)20-11-6-5-10(8-17)12(15)7-11/h2-7,17H,8H2,1H3. The zero-order chi connectivity index (χ0) is 14.7. The Hall–Kier alpha value is -1.92. The van der Waals surface area contributed by atoms with Crippen LogP contribution in [0.5, 0.6) is 11.5 Å². The van der Waals surface area contributed by atoms with Crippen LogP contribution >= 0.6 is 15.9 Å². The Morgan fingerprint density at radius 3 is 2.70 bits per heavy atom. The molecular formula is C14H12BrNO4. The molecule has 0 aliphatic rings. The van der Waals surface area contributed by atoms with Crippen LogP contribution in [-0.2, 0) is 6.61 Å². The van der Waals surface area contributed by atoms with Crippen molar-refractivity contribution < 1.29 is 14.8 Å². The van der Waals surface area contributed by atoms with Gasteiger partial charge in [-0.05, 0) is 30.7 Å². The highest BCUT2D eigenvalue weighted by molar-refractivity contribution is 9.10. The van der Waals surface area contributed by atoms with Crippen LogP contribution in [0.15, 0.2) is 40.9 Å². The fourth-order valence-corrected chi connectivity index (χ4v) is 2.28. The number of nitro benzene ring substituents is 1. The third kappa shape index (κ3) is 2.97. The second kappa shape index (κ2) is 6.02. The van der Waals surface area contributed by atoms with Crippen molar-refractivity contribution in [3.05, 3.63) is 62.1 Å². The number of nitrogens with zero attached hydrogens (tertiary/aromatic N) is 1. The Labute approximate surface area is 124 Å². The van der Waals surface area contributed by atoms with Gasteiger partial charge in [-0.3, -0.25) is 10.1 Å². The van der Waals surface area contributed by atoms with Gasteiger partial charge >= 0.3 is 5.69 Å². The average molecular weight is 338 g/mol. The number of para-hydroxylation sites is 1. The number of hydrogen-bond acceptors (Lipinski definition) is 4. The highest BCUT2D eigenvalue weighted by Gasteiger charge is 2.18. The normalized spacial score (nSPS) is 10.3. The number of hydrogen-bond donors (Lipinski definition) is 1. The largest absolute Gasteiger partial charge is 0.450 e. The number of benzene rings is 2. The van der Waals surface area contributed by atoms with E-state index in [0.29, 0.717) is 15.8 Å². The molecule has 0 amide bonds. The summed E-state index contributed by atoms with van der Waals surface area (Å²) in [6.45, 7) is 1.57. The van der Waals surface area contributed by atoms with Gasteiger partial charge in [0.1, 0.15) is 5.75 Å². The van der Waals surface area contributed by atoms with Crippen molar-refractivity contribution >= 4 is 21.6 Å². The van der Waals surface area contributed by atoms with Crippen LogP contribution in [0.3, 0.4) is 0 Å². The zero-order valence-electron chi connectivity index (χ0n) is 10.7. The molecule has 104 valence electrons. The van der Waals surface area contributed by atoms with Crippen molar-refractivity contribution in [2.45, 2.75) is 13.5 Å². The van der Waals surface area contributed by atoms with E-state index in [1.54, 1.807) is 43.3 Å². The lowest BCUT2D eigenvalue weighted by Crippen LogP contribution is -1.96. The van der Waals surface area contributed by atoms with Crippen LogP contribution < -0.4 is 4.74 Å². The number of aryl methyl sites for hydroxylation is 1. The van der Waals surface area contributed by atoms with Crippen molar-refractivity contribution in [3.63, 3.8) is 0 Å². The number of halogens is 1. The van der Waals surface area contributed by atoms with Crippen molar-refractivity contribution in [2.75, 3.05) is 0 Å². The summed E-state index contributed by atoms with van der Waals surface area (Å²) in [5.74, 6) is 0.654. The van der Waals surface area contributed by atoms with Crippen LogP contribution in [0.25, 0.3) is 0 Å². The predicted octanol–water partition coefficient (Wildman–Crippen LogP) is 3.95. The molecule has 0 saturated heterocycles. The van der Waals surface area contributed by atoms with Gasteiger partial charge in [0.25, 0.3) is 0 Å². The maximum Gasteiger partial charge on any atom is 0.314 e. The number of ether oxygens (including phenoxy) is 1. The van der Waals surface area contributed by atoms with E-state index in [-0.39, 0.29) is 18.0 Å². The van der Waals surface area contributed by atoms with E-state index in [1.807, 2.05) is 0 Å². The Morgan fingerprint density at radius 1 is 1.35 bits per heavy atom. The van der Waals surface area contributed by atoms with Crippen LogP contribution in [0, 0.1) is 17.0 Å². The summed E-state index contributed by atoms with van der Waals surface area (Å²) in [6, 6.07) is 9.94. The topological polar surface area (TPSA) is 72.6 Å². The summed E-state index contributed by atoms with van der Waals surface area (Å²) < 4.78 is 6.27. The molecule has 0 radical (unpaired) electrons. The first-order valence-electron chi connectivity index (χ1n) is 5.84. The maximum atomic E-state index is 11.1. The Kier molecular flexibility index (Phi) is 4.36. The smallest absolute Gasteiger partial charge is 0.314 e. The second-order valence-corrected chi connectivity index (χ2v) is 5.05. The average Bonchev–Trinajstić information content (AvgIpc) is 2.38. The van der Waals surface area contributed by atoms with Crippen molar-refractivity contribution in [1.29, 1.82) is 0 Å². The molecule has 2 rings (SSSR count). The first-order valence-corrected chi connectivity index (χ1v) is 6.63. The molecule has 6 heteroatoms. The second-order valence-electron chi connectivity index (χ2n) is 4.19. The molecule has 0 fully saturated rings. The molecule has 2 aromatic rings. The third-order valence-electron chi connectivity index (χ3n) is 2.81. The molecule has 2 aromatic carbocycles. The summed E-state index contributed by atoms with van der Waals surface area (Å²) in [4.78, 5) is 10.6. The molecule has 0 atom stereocenters. The summed E-state index contributed by atoms with van der Waals surface area (Å²) in [5, 5.41) is 20.2. The van der Waals surface area contributed by atoms with Crippen molar-refractivity contribution in [3.8, 4) is 11.5 Å². The lowest BCUT2D eigenvalue weighted by atomic mass is 10.2. The monoisotopic (exact) mass is 337 g/mol. The molecule has 0 aliphatic heterocycles. The fraction of sp³-hybridized carbons (Fsp3) is 0.143. The Balaban J connectivity index is 2.38. The highest BCUT2D eigenvalue weighted by atomic mass is 79.9. The SMILES string of the molecule is Cc1cccc(Oc2ccc(CO)c(Br)c2)c1[N+](=O)[O-]. The lowest BCUT2D eigenvalue weighted by molar-refractivity contribution is -0.386. The Bertz CT molecular complexity index is 658. The van der Waals surface area contributed by atoms with Gasteiger partial charge in [0.05, 0.1) is 11.5 Å². The van der Waals surface area contributed by atoms with Gasteiger partial charge in [-0.25, -0.2) is 0 Å². The first kappa shape index (κ1) is 14.5. The number of aliphatic hydroxyl groups is 1. The molecule has 0 saturated carbocycles. The van der Waals surface area contributed by atoms with Crippen molar-refractivity contribution in [2.24, 2.45) is 0 Å². The molecule has 0 bridgehead atoms. The van der Waals surface area contributed by atoms with Gasteiger partial charge in [0.15, 0.2) is 0 Å². The van der Waals surface area contributed by atoms with E-state index < -0.39 is 4.92 Å². The van der Waals surface area contributed by atoms with Crippen molar-refractivity contribution in [1.82, 2.24) is 0 Å². The first-order chi connectivity index (χ1) is 9.52. The maximum absolute atomic E-state index is 11.1. The van der Waals surface area contributed by atoms with Gasteiger partial charge in [0.2, 0.25) is 5.75 Å². The molecule has 0 spiro atoms. The van der Waals surface area contributed by atoms with E-state index in [1.165, 1.54) is 0 Å². The van der Waals surface area contributed by atoms with Gasteiger partial charge in [-0.2, -0.15) is 0 Å². The molecule has 0 aromatic heterocycles. The number of nitro groups is 1.